The van der Waals surface area contributed by atoms with Gasteiger partial charge in [0.25, 0.3) is 0 Å². The van der Waals surface area contributed by atoms with E-state index in [1.54, 1.807) is 20.1 Å². The first-order valence-corrected chi connectivity index (χ1v) is 8.73. The summed E-state index contributed by atoms with van der Waals surface area (Å²) in [4.78, 5) is 15.9. The molecule has 0 spiro atoms. The number of ketones is 1. The highest BCUT2D eigenvalue weighted by Crippen LogP contribution is 2.25. The molecule has 0 saturated heterocycles. The summed E-state index contributed by atoms with van der Waals surface area (Å²) in [5.74, 6) is 1.41. The highest BCUT2D eigenvalue weighted by Gasteiger charge is 2.08. The van der Waals surface area contributed by atoms with Crippen LogP contribution in [0.25, 0.3) is 0 Å². The molecule has 0 aliphatic carbocycles. The molecule has 0 bridgehead atoms. The van der Waals surface area contributed by atoms with Crippen LogP contribution in [0.3, 0.4) is 0 Å². The van der Waals surface area contributed by atoms with Crippen LogP contribution in [0.1, 0.15) is 28.4 Å². The van der Waals surface area contributed by atoms with Gasteiger partial charge in [-0.15, -0.1) is 0 Å². The zero-order chi connectivity index (χ0) is 17.4. The third-order valence-corrected chi connectivity index (χ3v) is 4.45. The summed E-state index contributed by atoms with van der Waals surface area (Å²) < 4.78 is 5.35. The number of Topliss-reactive ketones (excluding diaryl/α,β-unsaturated/α-hetero) is 1. The maximum Gasteiger partial charge on any atom is 0.159 e. The number of methoxy groups -OCH3 is 1. The molecule has 0 amide bonds. The van der Waals surface area contributed by atoms with E-state index in [2.05, 4.69) is 17.1 Å². The smallest absolute Gasteiger partial charge is 0.159 e. The van der Waals surface area contributed by atoms with Crippen molar-refractivity contribution in [1.29, 1.82) is 0 Å². The summed E-state index contributed by atoms with van der Waals surface area (Å²) in [7, 11) is 1.62. The van der Waals surface area contributed by atoms with Crippen molar-refractivity contribution >= 4 is 22.7 Å². The number of ether oxygens (including phenoxy) is 1. The molecule has 0 radical (unpaired) electrons. The maximum absolute atomic E-state index is 11.5. The molecule has 0 fully saturated rings. The summed E-state index contributed by atoms with van der Waals surface area (Å²) in [6.45, 7) is 2.21. The third-order valence-electron chi connectivity index (χ3n) is 3.57. The first-order chi connectivity index (χ1) is 11.6. The largest absolute Gasteiger partial charge is 0.496 e. The molecule has 0 heterocycles. The van der Waals surface area contributed by atoms with Gasteiger partial charge in [0.2, 0.25) is 0 Å². The van der Waals surface area contributed by atoms with E-state index in [-0.39, 0.29) is 5.78 Å². The number of nitrogens with zero attached hydrogens (tertiary/aromatic N) is 1. The van der Waals surface area contributed by atoms with E-state index in [9.17, 15) is 4.79 Å². The summed E-state index contributed by atoms with van der Waals surface area (Å²) in [5, 5.41) is 0.543. The van der Waals surface area contributed by atoms with Gasteiger partial charge in [-0.25, -0.2) is 0 Å². The molecule has 24 heavy (non-hydrogen) atoms. The molecule has 0 aromatic heterocycles. The second-order valence-corrected chi connectivity index (χ2v) is 6.32. The highest BCUT2D eigenvalue weighted by atomic mass is 32.2. The normalized spacial score (nSPS) is 11.3. The lowest BCUT2D eigenvalue weighted by Crippen LogP contribution is -2.09. The molecule has 2 aromatic carbocycles. The van der Waals surface area contributed by atoms with Crippen LogP contribution in [0.5, 0.6) is 5.75 Å². The van der Waals surface area contributed by atoms with Gasteiger partial charge >= 0.3 is 0 Å². The SMILES string of the molecule is COc1ccc(C(C)=O)cc1CSC(N)=NCCc1ccccc1. The zero-order valence-corrected chi connectivity index (χ0v) is 14.8. The van der Waals surface area contributed by atoms with Gasteiger partial charge in [-0.05, 0) is 37.1 Å². The molecular formula is C19H22N2O2S. The van der Waals surface area contributed by atoms with Crippen LogP contribution >= 0.6 is 11.8 Å². The summed E-state index contributed by atoms with van der Waals surface area (Å²) in [6.07, 6.45) is 0.866. The fourth-order valence-electron chi connectivity index (χ4n) is 2.25. The van der Waals surface area contributed by atoms with Gasteiger partial charge in [-0.2, -0.15) is 0 Å². The van der Waals surface area contributed by atoms with Crippen molar-refractivity contribution < 1.29 is 9.53 Å². The molecule has 4 nitrogen and oxygen atoms in total. The number of aliphatic imine (C=N–C) groups is 1. The Morgan fingerprint density at radius 1 is 1.21 bits per heavy atom. The van der Waals surface area contributed by atoms with Gasteiger partial charge in [0, 0.05) is 23.4 Å². The summed E-state index contributed by atoms with van der Waals surface area (Å²) in [6, 6.07) is 15.6. The van der Waals surface area contributed by atoms with Crippen LogP contribution in [0.4, 0.5) is 0 Å². The van der Waals surface area contributed by atoms with E-state index in [0.29, 0.717) is 23.0 Å². The van der Waals surface area contributed by atoms with E-state index in [4.69, 9.17) is 10.5 Å². The topological polar surface area (TPSA) is 64.7 Å². The van der Waals surface area contributed by atoms with E-state index >= 15 is 0 Å². The Hall–Kier alpha value is -2.27. The van der Waals surface area contributed by atoms with Crippen LogP contribution < -0.4 is 10.5 Å². The lowest BCUT2D eigenvalue weighted by molar-refractivity contribution is 0.101. The number of hydrogen-bond acceptors (Lipinski definition) is 4. The fraction of sp³-hybridized carbons (Fsp3) is 0.263. The number of hydrogen-bond donors (Lipinski definition) is 1. The average Bonchev–Trinajstić information content (AvgIpc) is 2.60. The first-order valence-electron chi connectivity index (χ1n) is 7.74. The van der Waals surface area contributed by atoms with Crippen LogP contribution in [-0.4, -0.2) is 24.6 Å². The summed E-state index contributed by atoms with van der Waals surface area (Å²) >= 11 is 1.45. The molecule has 0 unspecified atom stereocenters. The Morgan fingerprint density at radius 3 is 2.62 bits per heavy atom. The second kappa shape index (κ2) is 9.13. The third kappa shape index (κ3) is 5.42. The quantitative estimate of drug-likeness (QED) is 0.473. The van der Waals surface area contributed by atoms with E-state index in [1.165, 1.54) is 17.3 Å². The number of benzene rings is 2. The lowest BCUT2D eigenvalue weighted by atomic mass is 10.1. The predicted molar refractivity (Wildman–Crippen MR) is 101 cm³/mol. The van der Waals surface area contributed by atoms with Crippen LogP contribution in [-0.2, 0) is 12.2 Å². The molecule has 0 saturated carbocycles. The molecule has 0 atom stereocenters. The number of amidine groups is 1. The van der Waals surface area contributed by atoms with Crippen molar-refractivity contribution in [2.45, 2.75) is 19.1 Å². The Labute approximate surface area is 147 Å². The van der Waals surface area contributed by atoms with Crippen LogP contribution in [0, 0.1) is 0 Å². The molecule has 2 N–H and O–H groups in total. The Balaban J connectivity index is 1.93. The molecular weight excluding hydrogens is 320 g/mol. The van der Waals surface area contributed by atoms with Crippen molar-refractivity contribution in [2.75, 3.05) is 13.7 Å². The maximum atomic E-state index is 11.5. The van der Waals surface area contributed by atoms with E-state index < -0.39 is 0 Å². The first kappa shape index (κ1) is 18.1. The van der Waals surface area contributed by atoms with Gasteiger partial charge in [0.1, 0.15) is 5.75 Å². The molecule has 2 aromatic rings. The van der Waals surface area contributed by atoms with Gasteiger partial charge in [-0.3, -0.25) is 9.79 Å². The number of nitrogens with two attached hydrogens (primary N) is 1. The Bertz CT molecular complexity index is 715. The van der Waals surface area contributed by atoms with E-state index in [1.807, 2.05) is 30.3 Å². The number of rotatable bonds is 7. The molecule has 0 aliphatic heterocycles. The average molecular weight is 342 g/mol. The molecule has 0 aliphatic rings. The zero-order valence-electron chi connectivity index (χ0n) is 14.0. The van der Waals surface area contributed by atoms with Crippen molar-refractivity contribution in [3.8, 4) is 5.75 Å². The van der Waals surface area contributed by atoms with Gasteiger partial charge in [0.15, 0.2) is 11.0 Å². The van der Waals surface area contributed by atoms with Crippen molar-refractivity contribution in [1.82, 2.24) is 0 Å². The number of carbonyl (C=O) groups excluding carboxylic acids is 1. The fourth-order valence-corrected chi connectivity index (χ4v) is 2.96. The van der Waals surface area contributed by atoms with Crippen molar-refractivity contribution in [3.63, 3.8) is 0 Å². The Kier molecular flexibility index (Phi) is 6.88. The van der Waals surface area contributed by atoms with Crippen LogP contribution in [0.2, 0.25) is 0 Å². The second-order valence-electron chi connectivity index (χ2n) is 5.33. The lowest BCUT2D eigenvalue weighted by Gasteiger charge is -2.09. The number of carbonyl (C=O) groups is 1. The minimum atomic E-state index is 0.0356. The van der Waals surface area contributed by atoms with Gasteiger partial charge < -0.3 is 10.5 Å². The number of thioether (sulfide) groups is 1. The molecule has 126 valence electrons. The monoisotopic (exact) mass is 342 g/mol. The molecule has 2 rings (SSSR count). The van der Waals surface area contributed by atoms with E-state index in [0.717, 1.165) is 17.7 Å². The van der Waals surface area contributed by atoms with Crippen LogP contribution in [0.15, 0.2) is 53.5 Å². The van der Waals surface area contributed by atoms with Gasteiger partial charge in [-0.1, -0.05) is 42.1 Å². The van der Waals surface area contributed by atoms with Crippen molar-refractivity contribution in [2.24, 2.45) is 10.7 Å². The minimum Gasteiger partial charge on any atom is -0.496 e. The van der Waals surface area contributed by atoms with Gasteiger partial charge in [0.05, 0.1) is 7.11 Å². The predicted octanol–water partition coefficient (Wildman–Crippen LogP) is 3.69. The Morgan fingerprint density at radius 2 is 1.96 bits per heavy atom. The standard InChI is InChI=1S/C19H22N2O2S/c1-14(22)16-8-9-18(23-2)17(12-16)13-24-19(20)21-11-10-15-6-4-3-5-7-15/h3-9,12H,10-11,13H2,1-2H3,(H2,20,21). The summed E-state index contributed by atoms with van der Waals surface area (Å²) in [5.41, 5.74) is 8.84. The minimum absolute atomic E-state index is 0.0356. The molecule has 5 heteroatoms. The highest BCUT2D eigenvalue weighted by molar-refractivity contribution is 8.13. The van der Waals surface area contributed by atoms with Crippen molar-refractivity contribution in [3.05, 3.63) is 65.2 Å².